The second-order valence-corrected chi connectivity index (χ2v) is 6.82. The molecular weight excluding hydrogens is 294 g/mol. The number of hydrogen-bond acceptors (Lipinski definition) is 2. The van der Waals surface area contributed by atoms with Crippen molar-refractivity contribution in [2.45, 2.75) is 17.7 Å². The van der Waals surface area contributed by atoms with E-state index in [-0.39, 0.29) is 10.8 Å². The number of nitrogens with one attached hydrogen (secondary N) is 1. The molecule has 106 valence electrons. The molecule has 5 heteroatoms. The van der Waals surface area contributed by atoms with Crippen molar-refractivity contribution in [3.63, 3.8) is 0 Å². The summed E-state index contributed by atoms with van der Waals surface area (Å²) in [4.78, 5) is 0.224. The summed E-state index contributed by atoms with van der Waals surface area (Å²) < 4.78 is 26.9. The molecule has 0 fully saturated rings. The van der Waals surface area contributed by atoms with Crippen molar-refractivity contribution in [3.8, 4) is 0 Å². The van der Waals surface area contributed by atoms with Crippen LogP contribution in [0.15, 0.2) is 59.5 Å². The van der Waals surface area contributed by atoms with E-state index in [1.54, 1.807) is 12.1 Å². The van der Waals surface area contributed by atoms with Crippen LogP contribution >= 0.6 is 11.6 Å². The second-order valence-electron chi connectivity index (χ2n) is 4.62. The lowest BCUT2D eigenvalue weighted by Gasteiger charge is -2.13. The molecule has 0 radical (unpaired) electrons. The molecule has 0 bridgehead atoms. The topological polar surface area (TPSA) is 46.2 Å². The summed E-state index contributed by atoms with van der Waals surface area (Å²) in [5.74, 6) is 0.110. The Morgan fingerprint density at radius 3 is 2.25 bits per heavy atom. The van der Waals surface area contributed by atoms with E-state index in [1.165, 1.54) is 12.1 Å². The van der Waals surface area contributed by atoms with E-state index >= 15 is 0 Å². The zero-order chi connectivity index (χ0) is 14.6. The molecule has 1 atom stereocenters. The van der Waals surface area contributed by atoms with Gasteiger partial charge >= 0.3 is 0 Å². The highest BCUT2D eigenvalue weighted by Crippen LogP contribution is 2.16. The maximum absolute atomic E-state index is 12.1. The van der Waals surface area contributed by atoms with Crippen LogP contribution in [-0.2, 0) is 10.0 Å². The predicted molar refractivity (Wildman–Crippen MR) is 81.5 cm³/mol. The molecule has 0 spiro atoms. The number of halogens is 1. The Balaban J connectivity index is 2.04. The molecule has 2 aromatic carbocycles. The van der Waals surface area contributed by atoms with Crippen molar-refractivity contribution in [2.75, 3.05) is 6.54 Å². The van der Waals surface area contributed by atoms with Gasteiger partial charge in [-0.15, -0.1) is 0 Å². The second kappa shape index (κ2) is 6.39. The van der Waals surface area contributed by atoms with Gasteiger partial charge in [0.2, 0.25) is 10.0 Å². The zero-order valence-electron chi connectivity index (χ0n) is 11.1. The SMILES string of the molecule is C[C@@H](CNS(=O)(=O)c1ccc(Cl)cc1)c1ccccc1. The van der Waals surface area contributed by atoms with Gasteiger partial charge in [-0.3, -0.25) is 0 Å². The van der Waals surface area contributed by atoms with Crippen molar-refractivity contribution in [1.29, 1.82) is 0 Å². The van der Waals surface area contributed by atoms with Crippen LogP contribution in [0.5, 0.6) is 0 Å². The molecule has 3 nitrogen and oxygen atoms in total. The summed E-state index contributed by atoms with van der Waals surface area (Å²) in [6, 6.07) is 15.9. The fourth-order valence-electron chi connectivity index (χ4n) is 1.83. The van der Waals surface area contributed by atoms with E-state index in [9.17, 15) is 8.42 Å². The van der Waals surface area contributed by atoms with Crippen molar-refractivity contribution in [1.82, 2.24) is 4.72 Å². The summed E-state index contributed by atoms with van der Waals surface area (Å²) in [6.07, 6.45) is 0. The Kier molecular flexibility index (Phi) is 4.81. The van der Waals surface area contributed by atoms with Gasteiger partial charge < -0.3 is 0 Å². The van der Waals surface area contributed by atoms with E-state index < -0.39 is 10.0 Å². The molecule has 0 saturated carbocycles. The van der Waals surface area contributed by atoms with Gasteiger partial charge in [0.25, 0.3) is 0 Å². The van der Waals surface area contributed by atoms with Gasteiger partial charge in [0.05, 0.1) is 4.90 Å². The lowest BCUT2D eigenvalue weighted by Crippen LogP contribution is -2.27. The minimum atomic E-state index is -3.49. The average molecular weight is 310 g/mol. The van der Waals surface area contributed by atoms with Crippen molar-refractivity contribution >= 4 is 21.6 Å². The smallest absolute Gasteiger partial charge is 0.211 e. The molecular formula is C15H16ClNO2S. The van der Waals surface area contributed by atoms with Crippen molar-refractivity contribution in [2.24, 2.45) is 0 Å². The van der Waals surface area contributed by atoms with E-state index in [4.69, 9.17) is 11.6 Å². The highest BCUT2D eigenvalue weighted by Gasteiger charge is 2.15. The van der Waals surface area contributed by atoms with Crippen LogP contribution in [0.1, 0.15) is 18.4 Å². The van der Waals surface area contributed by atoms with E-state index in [0.717, 1.165) is 5.56 Å². The predicted octanol–water partition coefficient (Wildman–Crippen LogP) is 3.42. The molecule has 0 saturated heterocycles. The number of benzene rings is 2. The molecule has 0 unspecified atom stereocenters. The molecule has 0 aliphatic carbocycles. The Morgan fingerprint density at radius 1 is 1.05 bits per heavy atom. The standard InChI is InChI=1S/C15H16ClNO2S/c1-12(13-5-3-2-4-6-13)11-17-20(18,19)15-9-7-14(16)8-10-15/h2-10,12,17H,11H2,1H3/t12-/m0/s1. The monoisotopic (exact) mass is 309 g/mol. The molecule has 0 aromatic heterocycles. The minimum absolute atomic E-state index is 0.110. The third-order valence-electron chi connectivity index (χ3n) is 3.07. The summed E-state index contributed by atoms with van der Waals surface area (Å²) in [7, 11) is -3.49. The van der Waals surface area contributed by atoms with Crippen molar-refractivity contribution in [3.05, 3.63) is 65.2 Å². The Hall–Kier alpha value is -1.36. The normalized spacial score (nSPS) is 13.1. The van der Waals surface area contributed by atoms with E-state index in [1.807, 2.05) is 37.3 Å². The number of hydrogen-bond donors (Lipinski definition) is 1. The molecule has 0 amide bonds. The average Bonchev–Trinajstić information content (AvgIpc) is 2.46. The lowest BCUT2D eigenvalue weighted by molar-refractivity contribution is 0.575. The molecule has 20 heavy (non-hydrogen) atoms. The van der Waals surface area contributed by atoms with Crippen LogP contribution in [0.4, 0.5) is 0 Å². The van der Waals surface area contributed by atoms with Crippen LogP contribution in [0.25, 0.3) is 0 Å². The molecule has 2 aromatic rings. The maximum atomic E-state index is 12.1. The van der Waals surface area contributed by atoms with Gasteiger partial charge in [0.1, 0.15) is 0 Å². The molecule has 2 rings (SSSR count). The fraction of sp³-hybridized carbons (Fsp3) is 0.200. The number of rotatable bonds is 5. The quantitative estimate of drug-likeness (QED) is 0.920. The van der Waals surface area contributed by atoms with Gasteiger partial charge in [0, 0.05) is 11.6 Å². The van der Waals surface area contributed by atoms with Crippen LogP contribution in [-0.4, -0.2) is 15.0 Å². The van der Waals surface area contributed by atoms with Crippen LogP contribution in [0, 0.1) is 0 Å². The molecule has 1 N–H and O–H groups in total. The summed E-state index contributed by atoms with van der Waals surface area (Å²) >= 11 is 5.75. The third kappa shape index (κ3) is 3.82. The van der Waals surface area contributed by atoms with Gasteiger partial charge in [-0.25, -0.2) is 13.1 Å². The van der Waals surface area contributed by atoms with Gasteiger partial charge in [-0.1, -0.05) is 48.9 Å². The first kappa shape index (κ1) is 15.0. The van der Waals surface area contributed by atoms with Crippen LogP contribution in [0.2, 0.25) is 5.02 Å². The minimum Gasteiger partial charge on any atom is -0.211 e. The Labute approximate surface area is 124 Å². The summed E-state index contributed by atoms with van der Waals surface area (Å²) in [6.45, 7) is 2.34. The largest absolute Gasteiger partial charge is 0.240 e. The first-order valence-electron chi connectivity index (χ1n) is 6.29. The van der Waals surface area contributed by atoms with Gasteiger partial charge in [0.15, 0.2) is 0 Å². The first-order valence-corrected chi connectivity index (χ1v) is 8.15. The van der Waals surface area contributed by atoms with Gasteiger partial charge in [-0.2, -0.15) is 0 Å². The third-order valence-corrected chi connectivity index (χ3v) is 4.76. The summed E-state index contributed by atoms with van der Waals surface area (Å²) in [5, 5.41) is 0.515. The lowest BCUT2D eigenvalue weighted by atomic mass is 10.0. The van der Waals surface area contributed by atoms with E-state index in [2.05, 4.69) is 4.72 Å². The van der Waals surface area contributed by atoms with Crippen LogP contribution < -0.4 is 4.72 Å². The van der Waals surface area contributed by atoms with E-state index in [0.29, 0.717) is 11.6 Å². The maximum Gasteiger partial charge on any atom is 0.240 e. The number of sulfonamides is 1. The van der Waals surface area contributed by atoms with Crippen LogP contribution in [0.3, 0.4) is 0 Å². The highest BCUT2D eigenvalue weighted by molar-refractivity contribution is 7.89. The molecule has 0 aliphatic rings. The highest BCUT2D eigenvalue weighted by atomic mass is 35.5. The van der Waals surface area contributed by atoms with Crippen molar-refractivity contribution < 1.29 is 8.42 Å². The Morgan fingerprint density at radius 2 is 1.65 bits per heavy atom. The molecule has 0 aliphatic heterocycles. The summed E-state index contributed by atoms with van der Waals surface area (Å²) in [5.41, 5.74) is 1.10. The fourth-order valence-corrected chi connectivity index (χ4v) is 3.09. The van der Waals surface area contributed by atoms with Gasteiger partial charge in [-0.05, 0) is 35.7 Å². The molecule has 0 heterocycles. The Bertz CT molecular complexity index is 654. The first-order chi connectivity index (χ1) is 9.49. The zero-order valence-corrected chi connectivity index (χ0v) is 12.7.